The molecular weight excluding hydrogens is 312 g/mol. The van der Waals surface area contributed by atoms with Crippen molar-refractivity contribution < 1.29 is 9.53 Å². The zero-order chi connectivity index (χ0) is 18.1. The van der Waals surface area contributed by atoms with E-state index < -0.39 is 6.04 Å². The SMILES string of the molecule is CC1(C)CCCCC1CCC(=O)NC(C#N)COCc1ccccc1. The molecule has 1 N–H and O–H groups in total. The Morgan fingerprint density at radius 2 is 2.12 bits per heavy atom. The number of carbonyl (C=O) groups excluding carboxylic acids is 1. The van der Waals surface area contributed by atoms with Crippen LogP contribution in [0, 0.1) is 22.7 Å². The van der Waals surface area contributed by atoms with Gasteiger partial charge in [-0.15, -0.1) is 0 Å². The highest BCUT2D eigenvalue weighted by molar-refractivity contribution is 5.76. The number of hydrogen-bond acceptors (Lipinski definition) is 3. The molecule has 1 saturated carbocycles. The van der Waals surface area contributed by atoms with Gasteiger partial charge in [0, 0.05) is 6.42 Å². The summed E-state index contributed by atoms with van der Waals surface area (Å²) in [7, 11) is 0. The number of rotatable bonds is 8. The molecule has 0 aromatic heterocycles. The minimum atomic E-state index is -0.587. The van der Waals surface area contributed by atoms with E-state index in [2.05, 4.69) is 25.2 Å². The van der Waals surface area contributed by atoms with Crippen LogP contribution >= 0.6 is 0 Å². The molecule has 4 nitrogen and oxygen atoms in total. The van der Waals surface area contributed by atoms with E-state index in [0.29, 0.717) is 24.4 Å². The molecule has 1 amide bonds. The smallest absolute Gasteiger partial charge is 0.221 e. The van der Waals surface area contributed by atoms with Crippen LogP contribution in [0.2, 0.25) is 0 Å². The zero-order valence-electron chi connectivity index (χ0n) is 15.5. The van der Waals surface area contributed by atoms with Gasteiger partial charge in [-0.1, -0.05) is 57.0 Å². The average Bonchev–Trinajstić information content (AvgIpc) is 2.60. The first-order valence-corrected chi connectivity index (χ1v) is 9.32. The second-order valence-corrected chi connectivity index (χ2v) is 7.72. The Morgan fingerprint density at radius 1 is 1.36 bits per heavy atom. The van der Waals surface area contributed by atoms with Gasteiger partial charge in [-0.25, -0.2) is 0 Å². The highest BCUT2D eigenvalue weighted by Gasteiger charge is 2.32. The third-order valence-corrected chi connectivity index (χ3v) is 5.34. The lowest BCUT2D eigenvalue weighted by molar-refractivity contribution is -0.122. The zero-order valence-corrected chi connectivity index (χ0v) is 15.5. The molecule has 2 unspecified atom stereocenters. The standard InChI is InChI=1S/C21H30N2O2/c1-21(2)13-7-6-10-18(21)11-12-20(24)23-19(14-22)16-25-15-17-8-4-3-5-9-17/h3-5,8-9,18-19H,6-7,10-13,15-16H2,1-2H3,(H,23,24). The van der Waals surface area contributed by atoms with Crippen molar-refractivity contribution in [3.05, 3.63) is 35.9 Å². The lowest BCUT2D eigenvalue weighted by Crippen LogP contribution is -2.38. The van der Waals surface area contributed by atoms with E-state index in [4.69, 9.17) is 4.74 Å². The highest BCUT2D eigenvalue weighted by Crippen LogP contribution is 2.42. The van der Waals surface area contributed by atoms with Crippen molar-refractivity contribution in [3.8, 4) is 6.07 Å². The number of nitrogens with one attached hydrogen (secondary N) is 1. The summed E-state index contributed by atoms with van der Waals surface area (Å²) in [5, 5.41) is 12.0. The summed E-state index contributed by atoms with van der Waals surface area (Å²) in [4.78, 5) is 12.2. The van der Waals surface area contributed by atoms with Gasteiger partial charge in [0.15, 0.2) is 0 Å². The number of ether oxygens (including phenoxy) is 1. The van der Waals surface area contributed by atoms with Crippen LogP contribution in [0.5, 0.6) is 0 Å². The molecule has 1 aromatic rings. The molecule has 0 spiro atoms. The molecule has 0 bridgehead atoms. The molecule has 1 aliphatic carbocycles. The first kappa shape index (κ1) is 19.5. The largest absolute Gasteiger partial charge is 0.374 e. The van der Waals surface area contributed by atoms with E-state index >= 15 is 0 Å². The van der Waals surface area contributed by atoms with Gasteiger partial charge in [-0.05, 0) is 36.2 Å². The Bertz CT molecular complexity index is 577. The number of benzene rings is 1. The molecule has 136 valence electrons. The fourth-order valence-electron chi connectivity index (χ4n) is 3.65. The second kappa shape index (κ2) is 9.58. The van der Waals surface area contributed by atoms with Gasteiger partial charge < -0.3 is 10.1 Å². The minimum Gasteiger partial charge on any atom is -0.374 e. The number of carbonyl (C=O) groups is 1. The van der Waals surface area contributed by atoms with Crippen molar-refractivity contribution in [2.45, 2.75) is 65.0 Å². The van der Waals surface area contributed by atoms with Crippen LogP contribution in [-0.2, 0) is 16.1 Å². The third-order valence-electron chi connectivity index (χ3n) is 5.34. The minimum absolute atomic E-state index is 0.0452. The van der Waals surface area contributed by atoms with Crippen LogP contribution in [0.3, 0.4) is 0 Å². The molecular formula is C21H30N2O2. The summed E-state index contributed by atoms with van der Waals surface area (Å²) in [6.45, 7) is 5.28. The molecule has 2 atom stereocenters. The predicted molar refractivity (Wildman–Crippen MR) is 98.6 cm³/mol. The maximum atomic E-state index is 12.2. The Kier molecular flexibility index (Phi) is 7.46. The lowest BCUT2D eigenvalue weighted by Gasteiger charge is -2.38. The number of nitriles is 1. The quantitative estimate of drug-likeness (QED) is 0.770. The lowest BCUT2D eigenvalue weighted by atomic mass is 9.67. The molecule has 0 radical (unpaired) electrons. The van der Waals surface area contributed by atoms with Crippen molar-refractivity contribution in [1.82, 2.24) is 5.32 Å². The topological polar surface area (TPSA) is 62.1 Å². The van der Waals surface area contributed by atoms with Crippen molar-refractivity contribution >= 4 is 5.91 Å². The van der Waals surface area contributed by atoms with Crippen molar-refractivity contribution in [2.24, 2.45) is 11.3 Å². The highest BCUT2D eigenvalue weighted by atomic mass is 16.5. The van der Waals surface area contributed by atoms with Crippen LogP contribution in [0.15, 0.2) is 30.3 Å². The van der Waals surface area contributed by atoms with Crippen molar-refractivity contribution in [1.29, 1.82) is 5.26 Å². The fraction of sp³-hybridized carbons (Fsp3) is 0.619. The maximum absolute atomic E-state index is 12.2. The number of nitrogens with zero attached hydrogens (tertiary/aromatic N) is 1. The molecule has 2 rings (SSSR count). The van der Waals surface area contributed by atoms with Crippen LogP contribution in [0.1, 0.15) is 57.9 Å². The first-order valence-electron chi connectivity index (χ1n) is 9.32. The van der Waals surface area contributed by atoms with Gasteiger partial charge in [0.2, 0.25) is 5.91 Å². The van der Waals surface area contributed by atoms with Crippen molar-refractivity contribution in [3.63, 3.8) is 0 Å². The molecule has 4 heteroatoms. The van der Waals surface area contributed by atoms with E-state index in [1.165, 1.54) is 25.7 Å². The Balaban J connectivity index is 1.69. The molecule has 1 aliphatic rings. The van der Waals surface area contributed by atoms with Gasteiger partial charge in [0.1, 0.15) is 6.04 Å². The Labute approximate surface area is 151 Å². The maximum Gasteiger partial charge on any atom is 0.221 e. The molecule has 25 heavy (non-hydrogen) atoms. The van der Waals surface area contributed by atoms with E-state index in [9.17, 15) is 10.1 Å². The fourth-order valence-corrected chi connectivity index (χ4v) is 3.65. The summed E-state index contributed by atoms with van der Waals surface area (Å²) in [5.41, 5.74) is 1.39. The summed E-state index contributed by atoms with van der Waals surface area (Å²) in [6.07, 6.45) is 6.41. The molecule has 0 heterocycles. The normalized spacial score (nSPS) is 20.4. The summed E-state index contributed by atoms with van der Waals surface area (Å²) in [5.74, 6) is 0.554. The Hall–Kier alpha value is -1.86. The van der Waals surface area contributed by atoms with Gasteiger partial charge in [0.25, 0.3) is 0 Å². The molecule has 1 fully saturated rings. The van der Waals surface area contributed by atoms with Crippen LogP contribution < -0.4 is 5.32 Å². The number of hydrogen-bond donors (Lipinski definition) is 1. The average molecular weight is 342 g/mol. The van der Waals surface area contributed by atoms with Gasteiger partial charge in [0.05, 0.1) is 19.3 Å². The molecule has 1 aromatic carbocycles. The van der Waals surface area contributed by atoms with Crippen molar-refractivity contribution in [2.75, 3.05) is 6.61 Å². The summed E-state index contributed by atoms with van der Waals surface area (Å²) >= 11 is 0. The van der Waals surface area contributed by atoms with Crippen LogP contribution in [0.4, 0.5) is 0 Å². The monoisotopic (exact) mass is 342 g/mol. The summed E-state index contributed by atoms with van der Waals surface area (Å²) < 4.78 is 5.56. The van der Waals surface area contributed by atoms with E-state index in [1.54, 1.807) is 0 Å². The van der Waals surface area contributed by atoms with Gasteiger partial charge in [-0.2, -0.15) is 5.26 Å². The third kappa shape index (κ3) is 6.51. The predicted octanol–water partition coefficient (Wildman–Crippen LogP) is 4.21. The number of amides is 1. The summed E-state index contributed by atoms with van der Waals surface area (Å²) in [6, 6.07) is 11.3. The first-order chi connectivity index (χ1) is 12.0. The Morgan fingerprint density at radius 3 is 2.80 bits per heavy atom. The van der Waals surface area contributed by atoms with E-state index in [-0.39, 0.29) is 12.5 Å². The van der Waals surface area contributed by atoms with Crippen LogP contribution in [-0.4, -0.2) is 18.6 Å². The van der Waals surface area contributed by atoms with E-state index in [1.807, 2.05) is 30.3 Å². The second-order valence-electron chi connectivity index (χ2n) is 7.72. The van der Waals surface area contributed by atoms with Crippen LogP contribution in [0.25, 0.3) is 0 Å². The van der Waals surface area contributed by atoms with Gasteiger partial charge >= 0.3 is 0 Å². The molecule has 0 saturated heterocycles. The molecule has 0 aliphatic heterocycles. The van der Waals surface area contributed by atoms with E-state index in [0.717, 1.165) is 12.0 Å². The van der Waals surface area contributed by atoms with Gasteiger partial charge in [-0.3, -0.25) is 4.79 Å².